The Labute approximate surface area is 113 Å². The molecule has 0 aliphatic carbocycles. The van der Waals surface area contributed by atoms with Crippen molar-refractivity contribution in [1.82, 2.24) is 5.32 Å². The molecule has 1 aliphatic rings. The third-order valence-corrected chi connectivity index (χ3v) is 3.55. The maximum Gasteiger partial charge on any atom is 0.250 e. The quantitative estimate of drug-likeness (QED) is 0.884. The number of benzene rings is 1. The van der Waals surface area contributed by atoms with E-state index in [2.05, 4.69) is 19.2 Å². The number of hydrogen-bond donors (Lipinski definition) is 1. The topological polar surface area (TPSA) is 49.4 Å². The fourth-order valence-electron chi connectivity index (χ4n) is 2.30. The largest absolute Gasteiger partial charge is 0.343 e. The molecule has 1 fully saturated rings. The van der Waals surface area contributed by atoms with E-state index in [-0.39, 0.29) is 11.8 Å². The molecule has 102 valence electrons. The summed E-state index contributed by atoms with van der Waals surface area (Å²) in [5, 5.41) is 2.69. The molecule has 4 heteroatoms. The van der Waals surface area contributed by atoms with Crippen LogP contribution in [0, 0.1) is 0 Å². The highest BCUT2D eigenvalue weighted by Gasteiger charge is 2.36. The second kappa shape index (κ2) is 5.03. The van der Waals surface area contributed by atoms with Gasteiger partial charge in [0.25, 0.3) is 0 Å². The molecule has 0 aromatic heterocycles. The van der Waals surface area contributed by atoms with E-state index in [0.717, 1.165) is 11.3 Å². The standard InChI is InChI=1S/C15H20N2O2/c1-9(2)12-6-5-7-13(8-12)17-11(4)14(18)16-10(3)15(17)19/h5-11H,1-4H3,(H,16,18). The zero-order chi connectivity index (χ0) is 14.2. The number of nitrogens with one attached hydrogen (secondary N) is 1. The summed E-state index contributed by atoms with van der Waals surface area (Å²) >= 11 is 0. The first-order valence-corrected chi connectivity index (χ1v) is 6.65. The van der Waals surface area contributed by atoms with Gasteiger partial charge in [0.15, 0.2) is 0 Å². The van der Waals surface area contributed by atoms with Gasteiger partial charge in [-0.3, -0.25) is 14.5 Å². The predicted molar refractivity (Wildman–Crippen MR) is 75.1 cm³/mol. The molecule has 0 radical (unpaired) electrons. The predicted octanol–water partition coefficient (Wildman–Crippen LogP) is 2.05. The van der Waals surface area contributed by atoms with Crippen molar-refractivity contribution in [2.24, 2.45) is 0 Å². The summed E-state index contributed by atoms with van der Waals surface area (Å²) in [4.78, 5) is 25.7. The smallest absolute Gasteiger partial charge is 0.250 e. The van der Waals surface area contributed by atoms with E-state index >= 15 is 0 Å². The van der Waals surface area contributed by atoms with Gasteiger partial charge in [0.05, 0.1) is 0 Å². The van der Waals surface area contributed by atoms with Crippen LogP contribution in [0.1, 0.15) is 39.2 Å². The lowest BCUT2D eigenvalue weighted by molar-refractivity contribution is -0.133. The molecule has 1 saturated heterocycles. The number of amides is 2. The van der Waals surface area contributed by atoms with Crippen molar-refractivity contribution in [3.8, 4) is 0 Å². The first-order valence-electron chi connectivity index (χ1n) is 6.65. The summed E-state index contributed by atoms with van der Waals surface area (Å²) in [6, 6.07) is 6.91. The van der Waals surface area contributed by atoms with Crippen molar-refractivity contribution in [2.45, 2.75) is 45.7 Å². The van der Waals surface area contributed by atoms with E-state index in [1.165, 1.54) is 0 Å². The van der Waals surface area contributed by atoms with E-state index in [1.807, 2.05) is 24.3 Å². The highest BCUT2D eigenvalue weighted by Crippen LogP contribution is 2.25. The van der Waals surface area contributed by atoms with Crippen LogP contribution in [0.15, 0.2) is 24.3 Å². The monoisotopic (exact) mass is 260 g/mol. The van der Waals surface area contributed by atoms with Crippen molar-refractivity contribution in [3.05, 3.63) is 29.8 Å². The van der Waals surface area contributed by atoms with Crippen molar-refractivity contribution < 1.29 is 9.59 Å². The molecule has 1 aromatic rings. The second-order valence-corrected chi connectivity index (χ2v) is 5.36. The average Bonchev–Trinajstić information content (AvgIpc) is 2.37. The Bertz CT molecular complexity index is 511. The molecule has 2 atom stereocenters. The van der Waals surface area contributed by atoms with Crippen LogP contribution in [0.2, 0.25) is 0 Å². The average molecular weight is 260 g/mol. The van der Waals surface area contributed by atoms with Gasteiger partial charge in [-0.2, -0.15) is 0 Å². The van der Waals surface area contributed by atoms with Gasteiger partial charge < -0.3 is 5.32 Å². The third kappa shape index (κ3) is 2.48. The first-order chi connectivity index (χ1) is 8.91. The Morgan fingerprint density at radius 1 is 1.21 bits per heavy atom. The molecule has 0 spiro atoms. The summed E-state index contributed by atoms with van der Waals surface area (Å²) in [7, 11) is 0. The molecule has 0 saturated carbocycles. The number of nitrogens with zero attached hydrogens (tertiary/aromatic N) is 1. The first kappa shape index (κ1) is 13.6. The molecule has 2 rings (SSSR count). The van der Waals surface area contributed by atoms with Gasteiger partial charge in [0.1, 0.15) is 12.1 Å². The maximum atomic E-state index is 12.3. The number of carbonyl (C=O) groups excluding carboxylic acids is 2. The molecule has 1 aliphatic heterocycles. The van der Waals surface area contributed by atoms with Crippen molar-refractivity contribution in [3.63, 3.8) is 0 Å². The lowest BCUT2D eigenvalue weighted by atomic mass is 10.0. The fourth-order valence-corrected chi connectivity index (χ4v) is 2.30. The Balaban J connectivity index is 2.40. The van der Waals surface area contributed by atoms with Crippen LogP contribution in [0.4, 0.5) is 5.69 Å². The van der Waals surface area contributed by atoms with Gasteiger partial charge in [-0.15, -0.1) is 0 Å². The van der Waals surface area contributed by atoms with Crippen LogP contribution in [0.25, 0.3) is 0 Å². The van der Waals surface area contributed by atoms with E-state index in [1.54, 1.807) is 18.7 Å². The minimum atomic E-state index is -0.467. The summed E-state index contributed by atoms with van der Waals surface area (Å²) in [5.41, 5.74) is 1.96. The summed E-state index contributed by atoms with van der Waals surface area (Å²) in [6.07, 6.45) is 0. The normalized spacial score (nSPS) is 23.7. The fraction of sp³-hybridized carbons (Fsp3) is 0.467. The van der Waals surface area contributed by atoms with E-state index < -0.39 is 12.1 Å². The van der Waals surface area contributed by atoms with E-state index in [9.17, 15) is 9.59 Å². The Kier molecular flexibility index (Phi) is 3.60. The van der Waals surface area contributed by atoms with Gasteiger partial charge in [-0.25, -0.2) is 0 Å². The zero-order valence-corrected chi connectivity index (χ0v) is 11.8. The van der Waals surface area contributed by atoms with E-state index in [0.29, 0.717) is 5.92 Å². The maximum absolute atomic E-state index is 12.3. The Morgan fingerprint density at radius 2 is 1.89 bits per heavy atom. The summed E-state index contributed by atoms with van der Waals surface area (Å²) in [5.74, 6) is 0.219. The van der Waals surface area contributed by atoms with Crippen LogP contribution in [0.5, 0.6) is 0 Å². The minimum Gasteiger partial charge on any atom is -0.343 e. The number of hydrogen-bond acceptors (Lipinski definition) is 2. The van der Waals surface area contributed by atoms with Gasteiger partial charge >= 0.3 is 0 Å². The molecule has 0 bridgehead atoms. The number of carbonyl (C=O) groups is 2. The van der Waals surface area contributed by atoms with Crippen LogP contribution in [-0.4, -0.2) is 23.9 Å². The van der Waals surface area contributed by atoms with Crippen molar-refractivity contribution in [1.29, 1.82) is 0 Å². The number of piperazine rings is 1. The van der Waals surface area contributed by atoms with Gasteiger partial charge in [0, 0.05) is 5.69 Å². The zero-order valence-electron chi connectivity index (χ0n) is 11.8. The van der Waals surface area contributed by atoms with Crippen molar-refractivity contribution in [2.75, 3.05) is 4.90 Å². The summed E-state index contributed by atoms with van der Waals surface area (Å²) < 4.78 is 0. The molecule has 2 unspecified atom stereocenters. The lowest BCUT2D eigenvalue weighted by Gasteiger charge is -2.36. The molecule has 1 N–H and O–H groups in total. The highest BCUT2D eigenvalue weighted by molar-refractivity contribution is 6.08. The second-order valence-electron chi connectivity index (χ2n) is 5.36. The molecule has 4 nitrogen and oxygen atoms in total. The minimum absolute atomic E-state index is 0.0620. The molecule has 2 amide bonds. The van der Waals surface area contributed by atoms with Gasteiger partial charge in [0.2, 0.25) is 11.8 Å². The molecular weight excluding hydrogens is 240 g/mol. The third-order valence-electron chi connectivity index (χ3n) is 3.55. The number of anilines is 1. The lowest BCUT2D eigenvalue weighted by Crippen LogP contribution is -2.61. The van der Waals surface area contributed by atoms with Gasteiger partial charge in [-0.1, -0.05) is 26.0 Å². The van der Waals surface area contributed by atoms with Crippen LogP contribution < -0.4 is 10.2 Å². The highest BCUT2D eigenvalue weighted by atomic mass is 16.2. The SMILES string of the molecule is CC1NC(=O)C(C)N(c2cccc(C(C)C)c2)C1=O. The van der Waals surface area contributed by atoms with Crippen LogP contribution in [0.3, 0.4) is 0 Å². The molecule has 1 aromatic carbocycles. The molecule has 19 heavy (non-hydrogen) atoms. The Morgan fingerprint density at radius 3 is 2.53 bits per heavy atom. The summed E-state index contributed by atoms with van der Waals surface area (Å²) in [6.45, 7) is 7.68. The van der Waals surface area contributed by atoms with Crippen LogP contribution >= 0.6 is 0 Å². The van der Waals surface area contributed by atoms with Gasteiger partial charge in [-0.05, 0) is 37.5 Å². The molecule has 1 heterocycles. The molecular formula is C15H20N2O2. The Hall–Kier alpha value is -1.84. The van der Waals surface area contributed by atoms with Crippen LogP contribution in [-0.2, 0) is 9.59 Å². The van der Waals surface area contributed by atoms with E-state index in [4.69, 9.17) is 0 Å². The van der Waals surface area contributed by atoms with Crippen molar-refractivity contribution >= 4 is 17.5 Å². The number of rotatable bonds is 2.